The van der Waals surface area contributed by atoms with Crippen LogP contribution in [0.25, 0.3) is 0 Å². The maximum absolute atomic E-state index is 5.78. The number of hydrogen-bond donors (Lipinski definition) is 0. The zero-order valence-electron chi connectivity index (χ0n) is 16.6. The Morgan fingerprint density at radius 1 is 1.00 bits per heavy atom. The van der Waals surface area contributed by atoms with Crippen LogP contribution in [0.3, 0.4) is 0 Å². The van der Waals surface area contributed by atoms with Crippen LogP contribution in [-0.4, -0.2) is 62.2 Å². The van der Waals surface area contributed by atoms with Crippen LogP contribution in [-0.2, 0) is 6.54 Å². The highest BCUT2D eigenvalue weighted by Crippen LogP contribution is 2.23. The average Bonchev–Trinajstić information content (AvgIpc) is 3.13. The minimum Gasteiger partial charge on any atom is -0.497 e. The zero-order valence-corrected chi connectivity index (χ0v) is 16.6. The Balaban J connectivity index is 1.29. The minimum absolute atomic E-state index is 0.674. The van der Waals surface area contributed by atoms with E-state index in [0.29, 0.717) is 6.04 Å². The SMILES string of the molecule is COc1ccc(N2CCN([C@H]3CCCN(Cc4ccc(C)o4)C3)CC2)cc1. The van der Waals surface area contributed by atoms with Gasteiger partial charge in [0.05, 0.1) is 13.7 Å². The molecule has 1 atom stereocenters. The highest BCUT2D eigenvalue weighted by Gasteiger charge is 2.28. The zero-order chi connectivity index (χ0) is 18.6. The lowest BCUT2D eigenvalue weighted by molar-refractivity contribution is 0.0848. The van der Waals surface area contributed by atoms with E-state index in [2.05, 4.69) is 51.1 Å². The quantitative estimate of drug-likeness (QED) is 0.807. The summed E-state index contributed by atoms with van der Waals surface area (Å²) in [5.41, 5.74) is 1.30. The highest BCUT2D eigenvalue weighted by atomic mass is 16.5. The first-order valence-electron chi connectivity index (χ1n) is 10.1. The first-order valence-corrected chi connectivity index (χ1v) is 10.1. The van der Waals surface area contributed by atoms with E-state index in [-0.39, 0.29) is 0 Å². The predicted octanol–water partition coefficient (Wildman–Crippen LogP) is 3.38. The Kier molecular flexibility index (Phi) is 5.69. The Morgan fingerprint density at radius 2 is 1.78 bits per heavy atom. The van der Waals surface area contributed by atoms with Crippen LogP contribution in [0.5, 0.6) is 5.75 Å². The summed E-state index contributed by atoms with van der Waals surface area (Å²) in [6.07, 6.45) is 2.60. The number of furan rings is 1. The summed E-state index contributed by atoms with van der Waals surface area (Å²) in [6.45, 7) is 9.78. The number of anilines is 1. The molecule has 0 amide bonds. The molecule has 0 unspecified atom stereocenters. The molecule has 4 rings (SSSR count). The summed E-state index contributed by atoms with van der Waals surface area (Å²) < 4.78 is 11.0. The largest absolute Gasteiger partial charge is 0.497 e. The molecular formula is C22H31N3O2. The van der Waals surface area contributed by atoms with Crippen LogP contribution in [0.1, 0.15) is 24.4 Å². The number of piperidine rings is 1. The van der Waals surface area contributed by atoms with Crippen molar-refractivity contribution < 1.29 is 9.15 Å². The molecule has 0 radical (unpaired) electrons. The topological polar surface area (TPSA) is 32.1 Å². The third-order valence-electron chi connectivity index (χ3n) is 5.92. The van der Waals surface area contributed by atoms with Crippen molar-refractivity contribution in [2.45, 2.75) is 32.4 Å². The molecule has 2 fully saturated rings. The lowest BCUT2D eigenvalue weighted by atomic mass is 10.0. The van der Waals surface area contributed by atoms with Gasteiger partial charge in [-0.2, -0.15) is 0 Å². The lowest BCUT2D eigenvalue weighted by Crippen LogP contribution is -2.55. The second kappa shape index (κ2) is 8.36. The Bertz CT molecular complexity index is 719. The molecule has 146 valence electrons. The number of hydrogen-bond acceptors (Lipinski definition) is 5. The van der Waals surface area contributed by atoms with E-state index >= 15 is 0 Å². The molecule has 5 heteroatoms. The summed E-state index contributed by atoms with van der Waals surface area (Å²) >= 11 is 0. The number of nitrogens with zero attached hydrogens (tertiary/aromatic N) is 3. The molecule has 0 spiro atoms. The number of piperazine rings is 1. The third-order valence-corrected chi connectivity index (χ3v) is 5.92. The fourth-order valence-corrected chi connectivity index (χ4v) is 4.40. The van der Waals surface area contributed by atoms with E-state index in [9.17, 15) is 0 Å². The molecule has 0 N–H and O–H groups in total. The molecule has 0 aliphatic carbocycles. The van der Waals surface area contributed by atoms with Gasteiger partial charge in [-0.05, 0) is 62.7 Å². The van der Waals surface area contributed by atoms with E-state index in [4.69, 9.17) is 9.15 Å². The predicted molar refractivity (Wildman–Crippen MR) is 109 cm³/mol. The van der Waals surface area contributed by atoms with Crippen LogP contribution in [0.2, 0.25) is 0 Å². The minimum atomic E-state index is 0.674. The number of likely N-dealkylation sites (tertiary alicyclic amines) is 1. The summed E-state index contributed by atoms with van der Waals surface area (Å²) in [5, 5.41) is 0. The normalized spacial score (nSPS) is 22.1. The van der Waals surface area contributed by atoms with Crippen molar-refractivity contribution in [3.8, 4) is 5.75 Å². The molecule has 2 saturated heterocycles. The van der Waals surface area contributed by atoms with Gasteiger partial charge in [0.2, 0.25) is 0 Å². The van der Waals surface area contributed by atoms with E-state index < -0.39 is 0 Å². The molecule has 2 aromatic rings. The maximum atomic E-state index is 5.78. The van der Waals surface area contributed by atoms with Crippen molar-refractivity contribution in [3.05, 3.63) is 47.9 Å². The number of ether oxygens (including phenoxy) is 1. The van der Waals surface area contributed by atoms with Crippen molar-refractivity contribution >= 4 is 5.69 Å². The molecule has 0 bridgehead atoms. The third kappa shape index (κ3) is 4.47. The van der Waals surface area contributed by atoms with Crippen LogP contribution in [0.15, 0.2) is 40.8 Å². The molecular weight excluding hydrogens is 338 g/mol. The summed E-state index contributed by atoms with van der Waals surface area (Å²) in [5.74, 6) is 3.03. The summed E-state index contributed by atoms with van der Waals surface area (Å²) in [6, 6.07) is 13.3. The van der Waals surface area contributed by atoms with Gasteiger partial charge in [0.25, 0.3) is 0 Å². The average molecular weight is 370 g/mol. The van der Waals surface area contributed by atoms with Crippen molar-refractivity contribution in [3.63, 3.8) is 0 Å². The van der Waals surface area contributed by atoms with Crippen molar-refractivity contribution in [1.29, 1.82) is 0 Å². The Hall–Kier alpha value is -1.98. The first kappa shape index (κ1) is 18.4. The number of benzene rings is 1. The van der Waals surface area contributed by atoms with Crippen molar-refractivity contribution in [2.24, 2.45) is 0 Å². The molecule has 1 aromatic carbocycles. The smallest absolute Gasteiger partial charge is 0.119 e. The van der Waals surface area contributed by atoms with Gasteiger partial charge in [-0.15, -0.1) is 0 Å². The lowest BCUT2D eigenvalue weighted by Gasteiger charge is -2.43. The molecule has 2 aliphatic rings. The van der Waals surface area contributed by atoms with Gasteiger partial charge in [-0.25, -0.2) is 0 Å². The van der Waals surface area contributed by atoms with Gasteiger partial charge in [0, 0.05) is 44.5 Å². The fraction of sp³-hybridized carbons (Fsp3) is 0.545. The number of rotatable bonds is 5. The fourth-order valence-electron chi connectivity index (χ4n) is 4.40. The second-order valence-electron chi connectivity index (χ2n) is 7.76. The van der Waals surface area contributed by atoms with Crippen molar-refractivity contribution in [2.75, 3.05) is 51.3 Å². The monoisotopic (exact) mass is 369 g/mol. The van der Waals surface area contributed by atoms with E-state index in [1.165, 1.54) is 25.1 Å². The van der Waals surface area contributed by atoms with Crippen molar-refractivity contribution in [1.82, 2.24) is 9.80 Å². The van der Waals surface area contributed by atoms with Crippen LogP contribution in [0, 0.1) is 6.92 Å². The Morgan fingerprint density at radius 3 is 2.44 bits per heavy atom. The molecule has 1 aromatic heterocycles. The molecule has 5 nitrogen and oxygen atoms in total. The van der Waals surface area contributed by atoms with E-state index in [1.54, 1.807) is 7.11 Å². The number of methoxy groups -OCH3 is 1. The van der Waals surface area contributed by atoms with E-state index in [0.717, 1.165) is 56.5 Å². The number of aryl methyl sites for hydroxylation is 1. The van der Waals surface area contributed by atoms with Gasteiger partial charge in [-0.1, -0.05) is 0 Å². The Labute approximate surface area is 162 Å². The molecule has 0 saturated carbocycles. The van der Waals surface area contributed by atoms with Gasteiger partial charge in [0.15, 0.2) is 0 Å². The van der Waals surface area contributed by atoms with Gasteiger partial charge < -0.3 is 14.1 Å². The summed E-state index contributed by atoms with van der Waals surface area (Å²) in [7, 11) is 1.72. The van der Waals surface area contributed by atoms with Crippen LogP contribution >= 0.6 is 0 Å². The summed E-state index contributed by atoms with van der Waals surface area (Å²) in [4.78, 5) is 7.74. The maximum Gasteiger partial charge on any atom is 0.119 e. The van der Waals surface area contributed by atoms with E-state index in [1.807, 2.05) is 6.92 Å². The molecule has 2 aliphatic heterocycles. The molecule has 27 heavy (non-hydrogen) atoms. The van der Waals surface area contributed by atoms with Gasteiger partial charge in [-0.3, -0.25) is 9.80 Å². The highest BCUT2D eigenvalue weighted by molar-refractivity contribution is 5.49. The standard InChI is InChI=1S/C22H31N3O2/c1-18-5-8-22(27-18)17-23-11-3-4-20(16-23)25-14-12-24(13-15-25)19-6-9-21(26-2)10-7-19/h5-10,20H,3-4,11-17H2,1-2H3/t20-/m0/s1. The molecule has 3 heterocycles. The van der Waals surface area contributed by atoms with Crippen LogP contribution < -0.4 is 9.64 Å². The second-order valence-corrected chi connectivity index (χ2v) is 7.76. The van der Waals surface area contributed by atoms with Crippen LogP contribution in [0.4, 0.5) is 5.69 Å². The van der Waals surface area contributed by atoms with Gasteiger partial charge >= 0.3 is 0 Å². The first-order chi connectivity index (χ1) is 13.2. The van der Waals surface area contributed by atoms with Gasteiger partial charge in [0.1, 0.15) is 17.3 Å².